The minimum absolute atomic E-state index is 0.0418. The van der Waals surface area contributed by atoms with Crippen molar-refractivity contribution in [1.29, 1.82) is 0 Å². The third-order valence-electron chi connectivity index (χ3n) is 5.40. The number of fused-ring (bicyclic) bond motifs is 1. The topological polar surface area (TPSA) is 44.4 Å². The molecule has 2 aliphatic rings. The molecule has 4 heteroatoms. The number of urea groups is 1. The van der Waals surface area contributed by atoms with Gasteiger partial charge in [-0.25, -0.2) is 4.79 Å². The summed E-state index contributed by atoms with van der Waals surface area (Å²) in [6.45, 7) is 2.81. The molecule has 4 nitrogen and oxygen atoms in total. The van der Waals surface area contributed by atoms with Gasteiger partial charge in [0, 0.05) is 25.3 Å². The van der Waals surface area contributed by atoms with Crippen LogP contribution in [-0.4, -0.2) is 25.7 Å². The van der Waals surface area contributed by atoms with E-state index in [0.717, 1.165) is 38.9 Å². The molecular weight excluding hydrogens is 310 g/mol. The van der Waals surface area contributed by atoms with Crippen LogP contribution in [0.2, 0.25) is 0 Å². The van der Waals surface area contributed by atoms with Crippen LogP contribution >= 0.6 is 0 Å². The zero-order valence-electron chi connectivity index (χ0n) is 14.4. The number of benzene rings is 2. The van der Waals surface area contributed by atoms with Gasteiger partial charge in [0.05, 0.1) is 6.04 Å². The highest BCUT2D eigenvalue weighted by atomic mass is 16.2. The Morgan fingerprint density at radius 3 is 2.72 bits per heavy atom. The van der Waals surface area contributed by atoms with Crippen LogP contribution < -0.4 is 15.5 Å². The lowest BCUT2D eigenvalue weighted by atomic mass is 10.1. The molecule has 25 heavy (non-hydrogen) atoms. The number of anilines is 1. The number of para-hydroxylation sites is 1. The van der Waals surface area contributed by atoms with Gasteiger partial charge in [-0.3, -0.25) is 0 Å². The highest BCUT2D eigenvalue weighted by molar-refractivity contribution is 5.74. The van der Waals surface area contributed by atoms with E-state index in [2.05, 4.69) is 58.0 Å². The Hall–Kier alpha value is -2.49. The Morgan fingerprint density at radius 2 is 1.84 bits per heavy atom. The molecule has 4 rings (SSSR count). The first-order valence-corrected chi connectivity index (χ1v) is 9.22. The SMILES string of the molecule is O=C(NCC1CCN(c2ccccc2)C1)NC1CCc2ccccc21. The van der Waals surface area contributed by atoms with Crippen molar-refractivity contribution in [2.24, 2.45) is 5.92 Å². The fourth-order valence-corrected chi connectivity index (χ4v) is 4.03. The highest BCUT2D eigenvalue weighted by Gasteiger charge is 2.25. The Bertz CT molecular complexity index is 731. The molecule has 2 unspecified atom stereocenters. The van der Waals surface area contributed by atoms with E-state index in [1.807, 2.05) is 12.1 Å². The van der Waals surface area contributed by atoms with Crippen LogP contribution in [0.3, 0.4) is 0 Å². The number of amides is 2. The molecule has 2 amide bonds. The molecule has 2 atom stereocenters. The Kier molecular flexibility index (Phi) is 4.59. The minimum atomic E-state index is -0.0418. The van der Waals surface area contributed by atoms with E-state index in [1.165, 1.54) is 16.8 Å². The molecule has 0 aromatic heterocycles. The quantitative estimate of drug-likeness (QED) is 0.898. The molecule has 1 aliphatic heterocycles. The maximum absolute atomic E-state index is 12.3. The Morgan fingerprint density at radius 1 is 1.04 bits per heavy atom. The fourth-order valence-electron chi connectivity index (χ4n) is 4.03. The van der Waals surface area contributed by atoms with Crippen LogP contribution in [0.15, 0.2) is 54.6 Å². The van der Waals surface area contributed by atoms with Crippen molar-refractivity contribution in [3.05, 3.63) is 65.7 Å². The first-order valence-electron chi connectivity index (χ1n) is 9.22. The summed E-state index contributed by atoms with van der Waals surface area (Å²) in [6.07, 6.45) is 3.18. The molecule has 0 saturated carbocycles. The molecule has 1 saturated heterocycles. The lowest BCUT2D eigenvalue weighted by Gasteiger charge is -2.19. The molecule has 1 fully saturated rings. The van der Waals surface area contributed by atoms with E-state index < -0.39 is 0 Å². The van der Waals surface area contributed by atoms with E-state index in [9.17, 15) is 4.79 Å². The van der Waals surface area contributed by atoms with Crippen molar-refractivity contribution in [2.75, 3.05) is 24.5 Å². The average Bonchev–Trinajstić information content (AvgIpc) is 3.28. The second-order valence-electron chi connectivity index (χ2n) is 7.08. The second kappa shape index (κ2) is 7.18. The number of nitrogens with zero attached hydrogens (tertiary/aromatic N) is 1. The molecular formula is C21H25N3O. The second-order valence-corrected chi connectivity index (χ2v) is 7.08. The van der Waals surface area contributed by atoms with E-state index in [4.69, 9.17) is 0 Å². The van der Waals surface area contributed by atoms with Gasteiger partial charge in [-0.15, -0.1) is 0 Å². The summed E-state index contributed by atoms with van der Waals surface area (Å²) in [4.78, 5) is 14.7. The molecule has 130 valence electrons. The normalized spacial score (nSPS) is 21.8. The minimum Gasteiger partial charge on any atom is -0.371 e. The standard InChI is InChI=1S/C21H25N3O/c25-21(23-20-11-10-17-6-4-5-9-19(17)20)22-14-16-12-13-24(15-16)18-7-2-1-3-8-18/h1-9,16,20H,10-15H2,(H2,22,23,25). The summed E-state index contributed by atoms with van der Waals surface area (Å²) >= 11 is 0. The molecule has 2 aromatic carbocycles. The van der Waals surface area contributed by atoms with Crippen molar-refractivity contribution in [3.8, 4) is 0 Å². The largest absolute Gasteiger partial charge is 0.371 e. The molecule has 0 radical (unpaired) electrons. The number of carbonyl (C=O) groups is 1. The molecule has 1 heterocycles. The summed E-state index contributed by atoms with van der Waals surface area (Å²) < 4.78 is 0. The third kappa shape index (κ3) is 3.63. The number of hydrogen-bond donors (Lipinski definition) is 2. The van der Waals surface area contributed by atoms with E-state index in [-0.39, 0.29) is 12.1 Å². The maximum Gasteiger partial charge on any atom is 0.315 e. The first-order chi connectivity index (χ1) is 12.3. The average molecular weight is 335 g/mol. The van der Waals surface area contributed by atoms with E-state index >= 15 is 0 Å². The monoisotopic (exact) mass is 335 g/mol. The number of aryl methyl sites for hydroxylation is 1. The summed E-state index contributed by atoms with van der Waals surface area (Å²) in [5.41, 5.74) is 3.91. The smallest absolute Gasteiger partial charge is 0.315 e. The number of carbonyl (C=O) groups excluding carboxylic acids is 1. The van der Waals surface area contributed by atoms with Crippen LogP contribution in [0, 0.1) is 5.92 Å². The van der Waals surface area contributed by atoms with Crippen molar-refractivity contribution in [1.82, 2.24) is 10.6 Å². The van der Waals surface area contributed by atoms with Gasteiger partial charge < -0.3 is 15.5 Å². The lowest BCUT2D eigenvalue weighted by molar-refractivity contribution is 0.235. The van der Waals surface area contributed by atoms with Gasteiger partial charge in [-0.1, -0.05) is 42.5 Å². The maximum atomic E-state index is 12.3. The van der Waals surface area contributed by atoms with Crippen molar-refractivity contribution in [2.45, 2.75) is 25.3 Å². The van der Waals surface area contributed by atoms with Gasteiger partial charge in [0.2, 0.25) is 0 Å². The summed E-state index contributed by atoms with van der Waals surface area (Å²) in [5.74, 6) is 0.516. The molecule has 0 bridgehead atoms. The van der Waals surface area contributed by atoms with Gasteiger partial charge in [0.1, 0.15) is 0 Å². The first kappa shape index (κ1) is 16.0. The summed E-state index contributed by atoms with van der Waals surface area (Å²) in [7, 11) is 0. The van der Waals surface area contributed by atoms with Crippen molar-refractivity contribution in [3.63, 3.8) is 0 Å². The fraction of sp³-hybridized carbons (Fsp3) is 0.381. The van der Waals surface area contributed by atoms with E-state index in [1.54, 1.807) is 0 Å². The number of hydrogen-bond acceptors (Lipinski definition) is 2. The van der Waals surface area contributed by atoms with Crippen LogP contribution in [-0.2, 0) is 6.42 Å². The number of nitrogens with one attached hydrogen (secondary N) is 2. The van der Waals surface area contributed by atoms with Gasteiger partial charge in [-0.2, -0.15) is 0 Å². The Labute approximate surface area is 149 Å². The third-order valence-corrected chi connectivity index (χ3v) is 5.40. The van der Waals surface area contributed by atoms with Gasteiger partial charge in [-0.05, 0) is 48.4 Å². The zero-order chi connectivity index (χ0) is 17.1. The molecule has 2 N–H and O–H groups in total. The summed E-state index contributed by atoms with van der Waals surface area (Å²) in [6, 6.07) is 19.0. The molecule has 2 aromatic rings. The van der Waals surface area contributed by atoms with Crippen LogP contribution in [0.25, 0.3) is 0 Å². The predicted molar refractivity (Wildman–Crippen MR) is 101 cm³/mol. The highest BCUT2D eigenvalue weighted by Crippen LogP contribution is 2.30. The van der Waals surface area contributed by atoms with Crippen LogP contribution in [0.1, 0.15) is 30.0 Å². The summed E-state index contributed by atoms with van der Waals surface area (Å²) in [5, 5.41) is 6.22. The van der Waals surface area contributed by atoms with Gasteiger partial charge >= 0.3 is 6.03 Å². The van der Waals surface area contributed by atoms with Crippen LogP contribution in [0.5, 0.6) is 0 Å². The molecule has 0 spiro atoms. The van der Waals surface area contributed by atoms with Gasteiger partial charge in [0.25, 0.3) is 0 Å². The molecule has 1 aliphatic carbocycles. The van der Waals surface area contributed by atoms with Crippen molar-refractivity contribution >= 4 is 11.7 Å². The Balaban J connectivity index is 1.25. The predicted octanol–water partition coefficient (Wildman–Crippen LogP) is 3.50. The van der Waals surface area contributed by atoms with E-state index in [0.29, 0.717) is 5.92 Å². The number of rotatable bonds is 4. The lowest BCUT2D eigenvalue weighted by Crippen LogP contribution is -2.40. The van der Waals surface area contributed by atoms with Gasteiger partial charge in [0.15, 0.2) is 0 Å². The van der Waals surface area contributed by atoms with Crippen molar-refractivity contribution < 1.29 is 4.79 Å². The van der Waals surface area contributed by atoms with Crippen LogP contribution in [0.4, 0.5) is 10.5 Å². The zero-order valence-corrected chi connectivity index (χ0v) is 14.4.